The summed E-state index contributed by atoms with van der Waals surface area (Å²) in [6.07, 6.45) is 8.17. The first-order valence-electron chi connectivity index (χ1n) is 7.08. The Balaban J connectivity index is -0.00000180. The van der Waals surface area contributed by atoms with Gasteiger partial charge in [-0.15, -0.1) is 0 Å². The average Bonchev–Trinajstić information content (AvgIpc) is 2.28. The van der Waals surface area contributed by atoms with Gasteiger partial charge in [-0.2, -0.15) is 16.8 Å². The zero-order chi connectivity index (χ0) is 15.6. The maximum Gasteiger partial charge on any atom is 1.00 e. The van der Waals surface area contributed by atoms with Gasteiger partial charge in [-0.25, -0.2) is 0 Å². The van der Waals surface area contributed by atoms with Crippen molar-refractivity contribution >= 4 is 20.2 Å². The molecule has 0 radical (unpaired) electrons. The van der Waals surface area contributed by atoms with Gasteiger partial charge in [0, 0.05) is 0 Å². The van der Waals surface area contributed by atoms with Crippen molar-refractivity contribution in [1.82, 2.24) is 0 Å². The van der Waals surface area contributed by atoms with Gasteiger partial charge in [0.2, 0.25) is 0 Å². The predicted octanol–water partition coefficient (Wildman–Crippen LogP) is -0.222. The van der Waals surface area contributed by atoms with Gasteiger partial charge >= 0.3 is 29.6 Å². The molecule has 0 spiro atoms. The van der Waals surface area contributed by atoms with Gasteiger partial charge in [0.25, 0.3) is 20.2 Å². The monoisotopic (exact) mass is 354 g/mol. The average molecular weight is 354 g/mol. The maximum absolute atomic E-state index is 11.0. The van der Waals surface area contributed by atoms with E-state index in [-0.39, 0.29) is 37.4 Å². The molecule has 0 bridgehead atoms. The van der Waals surface area contributed by atoms with Crippen LogP contribution in [0.15, 0.2) is 0 Å². The standard InChI is InChI=1S/C12H26O6S2.Na.H/c1-2-3-4-5-6-7-8-9-10-12(20(16,17)18)11-19(13,14)15;;/h12H,2-11H2,1H3,(H,13,14,15)(H,16,17,18);;/q;+1;-1. The third-order valence-corrected chi connectivity index (χ3v) is 5.48. The SMILES string of the molecule is CCCCCCCCCCC(CS(=O)(=O)O)S(=O)(=O)O.[H-].[Na+]. The van der Waals surface area contributed by atoms with E-state index in [2.05, 4.69) is 6.92 Å². The molecule has 0 aliphatic heterocycles. The van der Waals surface area contributed by atoms with Gasteiger partial charge in [-0.3, -0.25) is 9.11 Å². The summed E-state index contributed by atoms with van der Waals surface area (Å²) in [4.78, 5) is 0. The summed E-state index contributed by atoms with van der Waals surface area (Å²) in [6, 6.07) is 0. The van der Waals surface area contributed by atoms with Gasteiger partial charge in [-0.05, 0) is 6.42 Å². The van der Waals surface area contributed by atoms with E-state index in [1.54, 1.807) is 0 Å². The number of hydrogen-bond acceptors (Lipinski definition) is 4. The summed E-state index contributed by atoms with van der Waals surface area (Å²) < 4.78 is 61.1. The molecule has 9 heteroatoms. The van der Waals surface area contributed by atoms with E-state index in [1.807, 2.05) is 0 Å². The van der Waals surface area contributed by atoms with Crippen molar-refractivity contribution in [2.75, 3.05) is 5.75 Å². The van der Waals surface area contributed by atoms with Gasteiger partial charge < -0.3 is 1.43 Å². The molecule has 6 nitrogen and oxygen atoms in total. The fourth-order valence-corrected chi connectivity index (χ4v) is 4.36. The van der Waals surface area contributed by atoms with Crippen molar-refractivity contribution in [3.05, 3.63) is 0 Å². The first-order chi connectivity index (χ1) is 9.17. The second kappa shape index (κ2) is 12.3. The number of hydrogen-bond donors (Lipinski definition) is 2. The molecular formula is C12H27NaO6S2. The number of rotatable bonds is 12. The van der Waals surface area contributed by atoms with Crippen molar-refractivity contribution in [3.63, 3.8) is 0 Å². The quantitative estimate of drug-likeness (QED) is 0.285. The molecule has 1 atom stereocenters. The molecule has 0 saturated carbocycles. The maximum atomic E-state index is 11.0. The first kappa shape index (κ1) is 24.1. The minimum absolute atomic E-state index is 0. The Labute approximate surface area is 152 Å². The van der Waals surface area contributed by atoms with Gasteiger partial charge in [-0.1, -0.05) is 58.3 Å². The van der Waals surface area contributed by atoms with Crippen LogP contribution in [0.2, 0.25) is 0 Å². The first-order valence-corrected chi connectivity index (χ1v) is 10.2. The largest absolute Gasteiger partial charge is 1.00 e. The summed E-state index contributed by atoms with van der Waals surface area (Å²) in [5, 5.41) is -1.43. The van der Waals surface area contributed by atoms with Crippen LogP contribution in [0.1, 0.15) is 66.1 Å². The van der Waals surface area contributed by atoms with E-state index in [0.29, 0.717) is 6.42 Å². The Hall–Kier alpha value is 0.820. The Morgan fingerprint density at radius 3 is 1.67 bits per heavy atom. The van der Waals surface area contributed by atoms with Crippen molar-refractivity contribution in [1.29, 1.82) is 0 Å². The van der Waals surface area contributed by atoms with Crippen LogP contribution in [-0.4, -0.2) is 36.9 Å². The van der Waals surface area contributed by atoms with Crippen LogP contribution in [0.25, 0.3) is 0 Å². The van der Waals surface area contributed by atoms with Gasteiger partial charge in [0.1, 0.15) is 5.25 Å². The molecule has 0 saturated heterocycles. The third kappa shape index (κ3) is 15.5. The zero-order valence-electron chi connectivity index (χ0n) is 14.0. The fourth-order valence-electron chi connectivity index (χ4n) is 2.06. The van der Waals surface area contributed by atoms with E-state index in [0.717, 1.165) is 25.7 Å². The zero-order valence-corrected chi connectivity index (χ0v) is 16.6. The molecule has 0 aromatic heterocycles. The van der Waals surface area contributed by atoms with E-state index in [4.69, 9.17) is 9.11 Å². The van der Waals surface area contributed by atoms with Crippen molar-refractivity contribution in [3.8, 4) is 0 Å². The molecule has 124 valence electrons. The van der Waals surface area contributed by atoms with E-state index in [1.165, 1.54) is 19.3 Å². The molecule has 1 unspecified atom stereocenters. The summed E-state index contributed by atoms with van der Waals surface area (Å²) in [7, 11) is -8.85. The minimum Gasteiger partial charge on any atom is -1.00 e. The number of unbranched alkanes of at least 4 members (excludes halogenated alkanes) is 7. The van der Waals surface area contributed by atoms with Crippen LogP contribution in [0.3, 0.4) is 0 Å². The smallest absolute Gasteiger partial charge is 1.00 e. The molecule has 0 aliphatic carbocycles. The molecule has 2 N–H and O–H groups in total. The predicted molar refractivity (Wildman–Crippen MR) is 80.1 cm³/mol. The Kier molecular flexibility index (Phi) is 14.1. The molecule has 0 aromatic rings. The van der Waals surface area contributed by atoms with Crippen LogP contribution in [-0.2, 0) is 20.2 Å². The second-order valence-corrected chi connectivity index (χ2v) is 8.34. The summed E-state index contributed by atoms with van der Waals surface area (Å²) in [6.45, 7) is 2.14. The van der Waals surface area contributed by atoms with Gasteiger partial charge in [0.15, 0.2) is 0 Å². The summed E-state index contributed by atoms with van der Waals surface area (Å²) in [5.41, 5.74) is 0. The fraction of sp³-hybridized carbons (Fsp3) is 1.00. The normalized spacial score (nSPS) is 13.7. The van der Waals surface area contributed by atoms with Crippen LogP contribution in [0, 0.1) is 0 Å². The van der Waals surface area contributed by atoms with Crippen LogP contribution >= 0.6 is 0 Å². The second-order valence-electron chi connectivity index (χ2n) is 5.15. The van der Waals surface area contributed by atoms with Crippen molar-refractivity contribution < 1.29 is 56.9 Å². The van der Waals surface area contributed by atoms with Gasteiger partial charge in [0.05, 0.1) is 5.75 Å². The molecular weight excluding hydrogens is 327 g/mol. The minimum atomic E-state index is -4.44. The van der Waals surface area contributed by atoms with Crippen molar-refractivity contribution in [2.45, 2.75) is 70.0 Å². The van der Waals surface area contributed by atoms with Crippen LogP contribution in [0.5, 0.6) is 0 Å². The van der Waals surface area contributed by atoms with E-state index >= 15 is 0 Å². The van der Waals surface area contributed by atoms with E-state index < -0.39 is 31.2 Å². The molecule has 21 heavy (non-hydrogen) atoms. The van der Waals surface area contributed by atoms with Crippen molar-refractivity contribution in [2.24, 2.45) is 0 Å². The molecule has 0 fully saturated rings. The molecule has 0 amide bonds. The molecule has 0 rings (SSSR count). The molecule has 0 aliphatic rings. The van der Waals surface area contributed by atoms with E-state index in [9.17, 15) is 16.8 Å². The molecule has 0 heterocycles. The van der Waals surface area contributed by atoms with Crippen LogP contribution < -0.4 is 29.6 Å². The Morgan fingerprint density at radius 1 is 0.857 bits per heavy atom. The third-order valence-electron chi connectivity index (χ3n) is 3.20. The van der Waals surface area contributed by atoms with Crippen LogP contribution in [0.4, 0.5) is 0 Å². The topological polar surface area (TPSA) is 109 Å². The Morgan fingerprint density at radius 2 is 1.29 bits per heavy atom. The Bertz CT molecular complexity index is 452. The summed E-state index contributed by atoms with van der Waals surface area (Å²) >= 11 is 0. The molecule has 0 aromatic carbocycles. The summed E-state index contributed by atoms with van der Waals surface area (Å²) in [5.74, 6) is -0.942.